The van der Waals surface area contributed by atoms with Crippen molar-refractivity contribution in [1.82, 2.24) is 9.55 Å². The summed E-state index contributed by atoms with van der Waals surface area (Å²) in [6.07, 6.45) is -4.43. The summed E-state index contributed by atoms with van der Waals surface area (Å²) >= 11 is 1.17. The Balaban J connectivity index is 1.83. The van der Waals surface area contributed by atoms with Crippen LogP contribution in [0.25, 0.3) is 16.6 Å². The van der Waals surface area contributed by atoms with Crippen molar-refractivity contribution < 1.29 is 22.6 Å². The number of aromatic nitrogens is 2. The lowest BCUT2D eigenvalue weighted by Gasteiger charge is -2.16. The largest absolute Gasteiger partial charge is 0.497 e. The number of benzene rings is 3. The highest BCUT2D eigenvalue weighted by molar-refractivity contribution is 7.98. The van der Waals surface area contributed by atoms with Gasteiger partial charge in [-0.05, 0) is 35.9 Å². The highest BCUT2D eigenvalue weighted by Crippen LogP contribution is 2.33. The minimum atomic E-state index is -4.43. The number of halogens is 3. The van der Waals surface area contributed by atoms with Crippen LogP contribution in [-0.2, 0) is 11.9 Å². The molecule has 0 unspecified atom stereocenters. The second-order valence-corrected chi connectivity index (χ2v) is 8.02. The third-order valence-electron chi connectivity index (χ3n) is 4.99. The second-order valence-electron chi connectivity index (χ2n) is 7.08. The van der Waals surface area contributed by atoms with E-state index in [4.69, 9.17) is 9.47 Å². The van der Waals surface area contributed by atoms with Gasteiger partial charge in [0.15, 0.2) is 5.16 Å². The monoisotopic (exact) mass is 472 g/mol. The zero-order chi connectivity index (χ0) is 23.6. The van der Waals surface area contributed by atoms with E-state index in [1.54, 1.807) is 48.5 Å². The van der Waals surface area contributed by atoms with Gasteiger partial charge < -0.3 is 9.47 Å². The van der Waals surface area contributed by atoms with E-state index in [0.29, 0.717) is 38.8 Å². The van der Waals surface area contributed by atoms with Crippen LogP contribution in [0.4, 0.5) is 13.2 Å². The minimum Gasteiger partial charge on any atom is -0.497 e. The van der Waals surface area contributed by atoms with Gasteiger partial charge in [-0.25, -0.2) is 4.98 Å². The molecule has 170 valence electrons. The molecule has 0 fully saturated rings. The first-order chi connectivity index (χ1) is 15.8. The van der Waals surface area contributed by atoms with Crippen molar-refractivity contribution in [3.05, 3.63) is 88.2 Å². The third-order valence-corrected chi connectivity index (χ3v) is 6.00. The standard InChI is InChI=1S/C24H19F3N2O3S/c1-31-17-10-11-20(21(13-17)32-2)29-22(30)18-8-3-4-9-19(18)28-23(29)33-14-15-6-5-7-16(12-15)24(25,26)27/h3-13H,14H2,1-2H3. The van der Waals surface area contributed by atoms with Gasteiger partial charge in [0.1, 0.15) is 11.5 Å². The van der Waals surface area contributed by atoms with Crippen LogP contribution >= 0.6 is 11.8 Å². The summed E-state index contributed by atoms with van der Waals surface area (Å²) in [4.78, 5) is 18.1. The van der Waals surface area contributed by atoms with E-state index >= 15 is 0 Å². The first-order valence-corrected chi connectivity index (χ1v) is 10.8. The number of para-hydroxylation sites is 1. The molecule has 0 radical (unpaired) electrons. The lowest BCUT2D eigenvalue weighted by atomic mass is 10.1. The van der Waals surface area contributed by atoms with Gasteiger partial charge >= 0.3 is 6.18 Å². The lowest BCUT2D eigenvalue weighted by Crippen LogP contribution is -2.22. The van der Waals surface area contributed by atoms with E-state index in [1.807, 2.05) is 0 Å². The number of hydrogen-bond acceptors (Lipinski definition) is 5. The fraction of sp³-hybridized carbons (Fsp3) is 0.167. The molecule has 1 heterocycles. The number of nitrogens with zero attached hydrogens (tertiary/aromatic N) is 2. The summed E-state index contributed by atoms with van der Waals surface area (Å²) in [7, 11) is 3.00. The second kappa shape index (κ2) is 9.19. The normalized spacial score (nSPS) is 11.5. The number of ether oxygens (including phenoxy) is 2. The fourth-order valence-electron chi connectivity index (χ4n) is 3.38. The van der Waals surface area contributed by atoms with E-state index < -0.39 is 11.7 Å². The highest BCUT2D eigenvalue weighted by Gasteiger charge is 2.30. The van der Waals surface area contributed by atoms with Crippen LogP contribution in [-0.4, -0.2) is 23.8 Å². The van der Waals surface area contributed by atoms with Gasteiger partial charge in [0.25, 0.3) is 5.56 Å². The molecule has 0 saturated carbocycles. The van der Waals surface area contributed by atoms with E-state index in [0.717, 1.165) is 12.1 Å². The molecule has 1 aromatic heterocycles. The molecule has 0 spiro atoms. The Morgan fingerprint density at radius 3 is 2.48 bits per heavy atom. The molecule has 0 aliphatic carbocycles. The Hall–Kier alpha value is -3.46. The molecular formula is C24H19F3N2O3S. The van der Waals surface area contributed by atoms with E-state index in [-0.39, 0.29) is 11.3 Å². The third kappa shape index (κ3) is 4.68. The van der Waals surface area contributed by atoms with Crippen molar-refractivity contribution in [2.45, 2.75) is 17.1 Å². The van der Waals surface area contributed by atoms with Crippen LogP contribution in [0.1, 0.15) is 11.1 Å². The molecule has 5 nitrogen and oxygen atoms in total. The van der Waals surface area contributed by atoms with Crippen molar-refractivity contribution >= 4 is 22.7 Å². The topological polar surface area (TPSA) is 53.4 Å². The van der Waals surface area contributed by atoms with Crippen LogP contribution in [0.15, 0.2) is 76.7 Å². The molecule has 0 aliphatic rings. The summed E-state index contributed by atoms with van der Waals surface area (Å²) in [5, 5.41) is 0.748. The lowest BCUT2D eigenvalue weighted by molar-refractivity contribution is -0.137. The molecule has 9 heteroatoms. The molecule has 0 N–H and O–H groups in total. The SMILES string of the molecule is COc1ccc(-n2c(SCc3cccc(C(F)(F)F)c3)nc3ccccc3c2=O)c(OC)c1. The van der Waals surface area contributed by atoms with Gasteiger partial charge in [-0.2, -0.15) is 13.2 Å². The zero-order valence-corrected chi connectivity index (χ0v) is 18.5. The van der Waals surface area contributed by atoms with E-state index in [2.05, 4.69) is 4.98 Å². The summed E-state index contributed by atoms with van der Waals surface area (Å²) < 4.78 is 51.4. The number of hydrogen-bond donors (Lipinski definition) is 0. The van der Waals surface area contributed by atoms with E-state index in [1.165, 1.54) is 36.6 Å². The number of alkyl halides is 3. The maximum absolute atomic E-state index is 13.4. The summed E-state index contributed by atoms with van der Waals surface area (Å²) in [6.45, 7) is 0. The van der Waals surface area contributed by atoms with Crippen molar-refractivity contribution in [1.29, 1.82) is 0 Å². The minimum absolute atomic E-state index is 0.188. The molecule has 0 atom stereocenters. The summed E-state index contributed by atoms with van der Waals surface area (Å²) in [6, 6.07) is 17.1. The average molecular weight is 472 g/mol. The van der Waals surface area contributed by atoms with Crippen LogP contribution < -0.4 is 15.0 Å². The predicted molar refractivity (Wildman–Crippen MR) is 121 cm³/mol. The van der Waals surface area contributed by atoms with Gasteiger partial charge in [-0.15, -0.1) is 0 Å². The Kier molecular flexibility index (Phi) is 6.33. The van der Waals surface area contributed by atoms with Crippen LogP contribution in [0.3, 0.4) is 0 Å². The first-order valence-electron chi connectivity index (χ1n) is 9.85. The Labute approximate surface area is 191 Å². The zero-order valence-electron chi connectivity index (χ0n) is 17.7. The molecular weight excluding hydrogens is 453 g/mol. The molecule has 0 bridgehead atoms. The molecule has 33 heavy (non-hydrogen) atoms. The van der Waals surface area contributed by atoms with Crippen molar-refractivity contribution in [3.8, 4) is 17.2 Å². The van der Waals surface area contributed by atoms with Gasteiger partial charge in [-0.3, -0.25) is 9.36 Å². The molecule has 0 amide bonds. The molecule has 4 aromatic rings. The fourth-order valence-corrected chi connectivity index (χ4v) is 4.33. The molecule has 0 aliphatic heterocycles. The maximum Gasteiger partial charge on any atom is 0.416 e. The van der Waals surface area contributed by atoms with Crippen LogP contribution in [0, 0.1) is 0 Å². The molecule has 3 aromatic carbocycles. The number of thioether (sulfide) groups is 1. The first kappa shape index (κ1) is 22.7. The van der Waals surface area contributed by atoms with Gasteiger partial charge in [-0.1, -0.05) is 42.1 Å². The predicted octanol–water partition coefficient (Wildman–Crippen LogP) is 5.71. The Bertz CT molecular complexity index is 1370. The van der Waals surface area contributed by atoms with E-state index in [9.17, 15) is 18.0 Å². The smallest absolute Gasteiger partial charge is 0.416 e. The number of rotatable bonds is 6. The Morgan fingerprint density at radius 1 is 0.970 bits per heavy atom. The highest BCUT2D eigenvalue weighted by atomic mass is 32.2. The molecule has 0 saturated heterocycles. The van der Waals surface area contributed by atoms with Gasteiger partial charge in [0.2, 0.25) is 0 Å². The number of fused-ring (bicyclic) bond motifs is 1. The average Bonchev–Trinajstić information content (AvgIpc) is 2.82. The summed E-state index contributed by atoms with van der Waals surface area (Å²) in [5.74, 6) is 1.14. The van der Waals surface area contributed by atoms with Crippen molar-refractivity contribution in [2.75, 3.05) is 14.2 Å². The van der Waals surface area contributed by atoms with Crippen LogP contribution in [0.2, 0.25) is 0 Å². The van der Waals surface area contributed by atoms with Gasteiger partial charge in [0.05, 0.1) is 36.4 Å². The summed E-state index contributed by atoms with van der Waals surface area (Å²) in [5.41, 5.74) is 0.383. The maximum atomic E-state index is 13.4. The van der Waals surface area contributed by atoms with Crippen molar-refractivity contribution in [3.63, 3.8) is 0 Å². The molecule has 4 rings (SSSR count). The number of methoxy groups -OCH3 is 2. The Morgan fingerprint density at radius 2 is 1.76 bits per heavy atom. The van der Waals surface area contributed by atoms with Gasteiger partial charge in [0, 0.05) is 11.8 Å². The van der Waals surface area contributed by atoms with Crippen LogP contribution in [0.5, 0.6) is 11.5 Å². The van der Waals surface area contributed by atoms with Crippen molar-refractivity contribution in [2.24, 2.45) is 0 Å². The quantitative estimate of drug-likeness (QED) is 0.266.